The van der Waals surface area contributed by atoms with Crippen LogP contribution < -0.4 is 10.9 Å². The number of fused-ring (bicyclic) bond motifs is 1. The summed E-state index contributed by atoms with van der Waals surface area (Å²) in [5.74, 6) is -0.610. The smallest absolute Gasteiger partial charge is 0.340 e. The number of halogens is 1. The van der Waals surface area contributed by atoms with Crippen molar-refractivity contribution in [1.82, 2.24) is 5.32 Å². The zero-order chi connectivity index (χ0) is 18.8. The van der Waals surface area contributed by atoms with E-state index in [1.165, 1.54) is 20.0 Å². The van der Waals surface area contributed by atoms with Crippen molar-refractivity contribution in [3.63, 3.8) is 0 Å². The largest absolute Gasteiger partial charge is 0.506 e. The van der Waals surface area contributed by atoms with Crippen molar-refractivity contribution < 1.29 is 19.1 Å². The van der Waals surface area contributed by atoms with Crippen LogP contribution in [0.5, 0.6) is 5.75 Å². The van der Waals surface area contributed by atoms with Crippen molar-refractivity contribution in [2.75, 3.05) is 7.11 Å². The standard InChI is InChI=1S/C19H22ClNO5/c1-10-12-7-15(20)17(23)14(9-21-11-5-3-4-6-11)18(12)26-19(24)13(10)8-16(22)25-2/h7,11,21,23H,3-6,8-9H2,1-2H3. The van der Waals surface area contributed by atoms with Crippen LogP contribution in [-0.2, 0) is 22.5 Å². The highest BCUT2D eigenvalue weighted by Crippen LogP contribution is 2.36. The molecule has 0 radical (unpaired) electrons. The SMILES string of the molecule is COC(=O)Cc1c(C)c2cc(Cl)c(O)c(CNC3CCCC3)c2oc1=O. The van der Waals surface area contributed by atoms with Gasteiger partial charge in [0.05, 0.1) is 29.7 Å². The molecule has 26 heavy (non-hydrogen) atoms. The van der Waals surface area contributed by atoms with E-state index in [-0.39, 0.29) is 22.8 Å². The number of methoxy groups -OCH3 is 1. The molecule has 2 N–H and O–H groups in total. The fraction of sp³-hybridized carbons (Fsp3) is 0.474. The molecule has 1 saturated carbocycles. The van der Waals surface area contributed by atoms with E-state index in [0.29, 0.717) is 34.7 Å². The summed E-state index contributed by atoms with van der Waals surface area (Å²) >= 11 is 6.20. The lowest BCUT2D eigenvalue weighted by atomic mass is 10.0. The van der Waals surface area contributed by atoms with Crippen molar-refractivity contribution in [1.29, 1.82) is 0 Å². The molecule has 0 spiro atoms. The van der Waals surface area contributed by atoms with E-state index in [0.717, 1.165) is 12.8 Å². The lowest BCUT2D eigenvalue weighted by Gasteiger charge is -2.16. The Morgan fingerprint density at radius 2 is 2.08 bits per heavy atom. The summed E-state index contributed by atoms with van der Waals surface area (Å²) in [5.41, 5.74) is 0.994. The molecule has 6 nitrogen and oxygen atoms in total. The second-order valence-corrected chi connectivity index (χ2v) is 7.08. The van der Waals surface area contributed by atoms with Crippen LogP contribution in [0.25, 0.3) is 11.0 Å². The maximum atomic E-state index is 12.4. The zero-order valence-corrected chi connectivity index (χ0v) is 15.6. The van der Waals surface area contributed by atoms with E-state index < -0.39 is 11.6 Å². The first kappa shape index (κ1) is 18.7. The van der Waals surface area contributed by atoms with Gasteiger partial charge in [-0.3, -0.25) is 4.79 Å². The van der Waals surface area contributed by atoms with Crippen LogP contribution in [0.15, 0.2) is 15.3 Å². The number of hydrogen-bond donors (Lipinski definition) is 2. The molecule has 1 heterocycles. The van der Waals surface area contributed by atoms with E-state index in [1.54, 1.807) is 13.0 Å². The van der Waals surface area contributed by atoms with Gasteiger partial charge in [0, 0.05) is 18.0 Å². The van der Waals surface area contributed by atoms with Gasteiger partial charge in [-0.1, -0.05) is 24.4 Å². The Labute approximate surface area is 156 Å². The summed E-state index contributed by atoms with van der Waals surface area (Å²) in [6.07, 6.45) is 4.38. The van der Waals surface area contributed by atoms with Gasteiger partial charge in [-0.05, 0) is 31.4 Å². The van der Waals surface area contributed by atoms with Crippen molar-refractivity contribution in [3.05, 3.63) is 38.2 Å². The van der Waals surface area contributed by atoms with Gasteiger partial charge in [-0.15, -0.1) is 0 Å². The molecule has 0 aliphatic heterocycles. The molecular weight excluding hydrogens is 358 g/mol. The molecule has 7 heteroatoms. The molecule has 1 aliphatic rings. The molecular formula is C19H22ClNO5. The average Bonchev–Trinajstić information content (AvgIpc) is 3.13. The van der Waals surface area contributed by atoms with Gasteiger partial charge in [-0.2, -0.15) is 0 Å². The summed E-state index contributed by atoms with van der Waals surface area (Å²) in [6, 6.07) is 1.94. The van der Waals surface area contributed by atoms with Gasteiger partial charge in [-0.25, -0.2) is 4.79 Å². The van der Waals surface area contributed by atoms with Gasteiger partial charge >= 0.3 is 11.6 Å². The zero-order valence-electron chi connectivity index (χ0n) is 14.9. The Bertz CT molecular complexity index is 899. The maximum Gasteiger partial charge on any atom is 0.340 e. The molecule has 1 aliphatic carbocycles. The first-order chi connectivity index (χ1) is 12.4. The van der Waals surface area contributed by atoms with Gasteiger partial charge in [0.15, 0.2) is 0 Å². The van der Waals surface area contributed by atoms with Crippen LogP contribution >= 0.6 is 11.6 Å². The lowest BCUT2D eigenvalue weighted by molar-refractivity contribution is -0.139. The fourth-order valence-electron chi connectivity index (χ4n) is 3.50. The Morgan fingerprint density at radius 3 is 2.73 bits per heavy atom. The number of phenols is 1. The molecule has 0 saturated heterocycles. The number of aryl methyl sites for hydroxylation is 1. The number of carbonyl (C=O) groups is 1. The minimum Gasteiger partial charge on any atom is -0.506 e. The number of esters is 1. The molecule has 0 atom stereocenters. The van der Waals surface area contributed by atoms with E-state index in [1.807, 2.05) is 0 Å². The number of nitrogens with one attached hydrogen (secondary N) is 1. The molecule has 1 aromatic heterocycles. The van der Waals surface area contributed by atoms with Crippen molar-refractivity contribution in [2.24, 2.45) is 0 Å². The van der Waals surface area contributed by atoms with Crippen molar-refractivity contribution in [2.45, 2.75) is 51.6 Å². The van der Waals surface area contributed by atoms with Crippen LogP contribution in [0, 0.1) is 6.92 Å². The van der Waals surface area contributed by atoms with Gasteiger partial charge in [0.1, 0.15) is 11.3 Å². The Hall–Kier alpha value is -2.05. The molecule has 1 aromatic carbocycles. The third-order valence-corrected chi connectivity index (χ3v) is 5.36. The Kier molecular flexibility index (Phi) is 5.53. The topological polar surface area (TPSA) is 88.8 Å². The number of benzene rings is 1. The van der Waals surface area contributed by atoms with Crippen LogP contribution in [0.1, 0.15) is 42.4 Å². The predicted molar refractivity (Wildman–Crippen MR) is 98.7 cm³/mol. The van der Waals surface area contributed by atoms with Crippen LogP contribution in [0.4, 0.5) is 0 Å². The molecule has 2 aromatic rings. The summed E-state index contributed by atoms with van der Waals surface area (Å²) in [4.78, 5) is 24.0. The van der Waals surface area contributed by atoms with Crippen LogP contribution in [0.3, 0.4) is 0 Å². The second-order valence-electron chi connectivity index (χ2n) is 6.67. The number of rotatable bonds is 5. The monoisotopic (exact) mass is 379 g/mol. The first-order valence-electron chi connectivity index (χ1n) is 8.69. The summed E-state index contributed by atoms with van der Waals surface area (Å²) < 4.78 is 10.1. The summed E-state index contributed by atoms with van der Waals surface area (Å²) in [6.45, 7) is 2.09. The molecule has 0 unspecified atom stereocenters. The maximum absolute atomic E-state index is 12.4. The first-order valence-corrected chi connectivity index (χ1v) is 9.07. The van der Waals surface area contributed by atoms with Gasteiger partial charge in [0.2, 0.25) is 0 Å². The summed E-state index contributed by atoms with van der Waals surface area (Å²) in [7, 11) is 1.27. The number of ether oxygens (including phenoxy) is 1. The Balaban J connectivity index is 2.07. The minimum atomic E-state index is -0.607. The van der Waals surface area contributed by atoms with E-state index in [9.17, 15) is 14.7 Å². The second kappa shape index (κ2) is 7.68. The number of hydrogen-bond acceptors (Lipinski definition) is 6. The molecule has 3 rings (SSSR count). The number of phenolic OH excluding ortho intramolecular Hbond substituents is 1. The van der Waals surface area contributed by atoms with Gasteiger partial charge < -0.3 is 19.6 Å². The fourth-order valence-corrected chi connectivity index (χ4v) is 3.72. The molecule has 1 fully saturated rings. The number of aromatic hydroxyl groups is 1. The highest BCUT2D eigenvalue weighted by atomic mass is 35.5. The third kappa shape index (κ3) is 3.57. The Morgan fingerprint density at radius 1 is 1.38 bits per heavy atom. The average molecular weight is 380 g/mol. The highest BCUT2D eigenvalue weighted by molar-refractivity contribution is 6.33. The minimum absolute atomic E-state index is 0.0899. The molecule has 140 valence electrons. The van der Waals surface area contributed by atoms with E-state index in [4.69, 9.17) is 16.0 Å². The normalized spacial score (nSPS) is 14.9. The van der Waals surface area contributed by atoms with Crippen LogP contribution in [-0.4, -0.2) is 24.2 Å². The van der Waals surface area contributed by atoms with E-state index >= 15 is 0 Å². The van der Waals surface area contributed by atoms with Crippen LogP contribution in [0.2, 0.25) is 5.02 Å². The van der Waals surface area contributed by atoms with E-state index in [2.05, 4.69) is 10.1 Å². The number of carbonyl (C=O) groups excluding carboxylic acids is 1. The van der Waals surface area contributed by atoms with Crippen molar-refractivity contribution in [3.8, 4) is 5.75 Å². The quantitative estimate of drug-likeness (QED) is 0.612. The lowest BCUT2D eigenvalue weighted by Crippen LogP contribution is -2.25. The predicted octanol–water partition coefficient (Wildman–Crippen LogP) is 3.21. The van der Waals surface area contributed by atoms with Gasteiger partial charge in [0.25, 0.3) is 0 Å². The molecule has 0 bridgehead atoms. The summed E-state index contributed by atoms with van der Waals surface area (Å²) in [5, 5.41) is 14.6. The highest BCUT2D eigenvalue weighted by Gasteiger charge is 2.22. The molecule has 0 amide bonds. The van der Waals surface area contributed by atoms with Crippen molar-refractivity contribution >= 4 is 28.5 Å². The third-order valence-electron chi connectivity index (χ3n) is 5.07.